The van der Waals surface area contributed by atoms with Gasteiger partial charge in [0.15, 0.2) is 0 Å². The molecule has 0 spiro atoms. The van der Waals surface area contributed by atoms with Crippen LogP contribution in [0, 0.1) is 5.92 Å². The summed E-state index contributed by atoms with van der Waals surface area (Å²) in [5.74, 6) is -0.286. The quantitative estimate of drug-likeness (QED) is 0.748. The summed E-state index contributed by atoms with van der Waals surface area (Å²) in [5.41, 5.74) is 5.28. The number of esters is 1. The zero-order valence-corrected chi connectivity index (χ0v) is 11.7. The zero-order valence-electron chi connectivity index (χ0n) is 11.7. The molecule has 3 nitrogen and oxygen atoms in total. The highest BCUT2D eigenvalue weighted by Gasteiger charge is 2.36. The molecule has 1 aliphatic heterocycles. The third-order valence-corrected chi connectivity index (χ3v) is 4.28. The first-order valence-electron chi connectivity index (χ1n) is 7.04. The molecule has 0 bridgehead atoms. The van der Waals surface area contributed by atoms with Crippen LogP contribution in [0.1, 0.15) is 0 Å². The van der Waals surface area contributed by atoms with Gasteiger partial charge in [0.05, 0.1) is 13.2 Å². The minimum absolute atomic E-state index is 0.0255. The Morgan fingerprint density at radius 1 is 1.10 bits per heavy atom. The summed E-state index contributed by atoms with van der Waals surface area (Å²) >= 11 is 0. The Morgan fingerprint density at radius 2 is 1.86 bits per heavy atom. The number of allylic oxidation sites excluding steroid dienone is 8. The molecule has 0 aromatic carbocycles. The van der Waals surface area contributed by atoms with Gasteiger partial charge in [-0.2, -0.15) is 0 Å². The Hall–Kier alpha value is -2.55. The topological polar surface area (TPSA) is 38.3 Å². The van der Waals surface area contributed by atoms with E-state index in [9.17, 15) is 4.79 Å². The number of methoxy groups -OCH3 is 1. The van der Waals surface area contributed by atoms with Gasteiger partial charge in [-0.25, -0.2) is 4.79 Å². The highest BCUT2D eigenvalue weighted by atomic mass is 16.5. The molecule has 0 aromatic rings. The van der Waals surface area contributed by atoms with E-state index in [1.54, 1.807) is 0 Å². The standard InChI is InChI=1S/C18H15NO2/c1-21-18(20)15-10-14-12-7-4-5-9-16(12)19-17(14)13-8-3-2-6-11(13)15/h2-11,16,19H,1H3. The normalized spacial score (nSPS) is 28.0. The van der Waals surface area contributed by atoms with Crippen LogP contribution in [-0.4, -0.2) is 19.1 Å². The lowest BCUT2D eigenvalue weighted by Gasteiger charge is -2.26. The number of nitrogens with one attached hydrogen (secondary N) is 1. The molecule has 0 aromatic heterocycles. The molecule has 1 heterocycles. The van der Waals surface area contributed by atoms with Gasteiger partial charge in [0.1, 0.15) is 0 Å². The van der Waals surface area contributed by atoms with Gasteiger partial charge in [-0.3, -0.25) is 0 Å². The minimum atomic E-state index is -0.261. The smallest absolute Gasteiger partial charge is 0.334 e. The molecule has 2 atom stereocenters. The van der Waals surface area contributed by atoms with Crippen LogP contribution < -0.4 is 5.32 Å². The summed E-state index contributed by atoms with van der Waals surface area (Å²) in [7, 11) is 1.43. The highest BCUT2D eigenvalue weighted by Crippen LogP contribution is 2.42. The van der Waals surface area contributed by atoms with Crippen LogP contribution in [-0.2, 0) is 9.53 Å². The van der Waals surface area contributed by atoms with Gasteiger partial charge < -0.3 is 10.1 Å². The van der Waals surface area contributed by atoms with Crippen molar-refractivity contribution in [2.45, 2.75) is 6.04 Å². The predicted molar refractivity (Wildman–Crippen MR) is 81.1 cm³/mol. The van der Waals surface area contributed by atoms with Crippen LogP contribution >= 0.6 is 0 Å². The molecule has 0 saturated heterocycles. The van der Waals surface area contributed by atoms with E-state index in [1.807, 2.05) is 36.5 Å². The molecular weight excluding hydrogens is 262 g/mol. The summed E-state index contributed by atoms with van der Waals surface area (Å²) in [5, 5.41) is 3.56. The number of ether oxygens (including phenoxy) is 1. The third kappa shape index (κ3) is 1.70. The van der Waals surface area contributed by atoms with Crippen molar-refractivity contribution in [3.8, 4) is 0 Å². The number of fused-ring (bicyclic) bond motifs is 3. The van der Waals surface area contributed by atoms with Crippen LogP contribution in [0.15, 0.2) is 82.7 Å². The van der Waals surface area contributed by atoms with Gasteiger partial charge in [-0.1, -0.05) is 48.6 Å². The molecule has 2 unspecified atom stereocenters. The van der Waals surface area contributed by atoms with E-state index >= 15 is 0 Å². The van der Waals surface area contributed by atoms with E-state index in [1.165, 1.54) is 12.7 Å². The van der Waals surface area contributed by atoms with E-state index in [4.69, 9.17) is 4.74 Å². The lowest BCUT2D eigenvalue weighted by atomic mass is 9.79. The van der Waals surface area contributed by atoms with E-state index in [0.717, 1.165) is 16.8 Å². The van der Waals surface area contributed by atoms with Gasteiger partial charge in [0.25, 0.3) is 0 Å². The van der Waals surface area contributed by atoms with Crippen molar-refractivity contribution in [1.29, 1.82) is 0 Å². The molecule has 4 rings (SSSR count). The Bertz CT molecular complexity index is 741. The molecule has 0 radical (unpaired) electrons. The van der Waals surface area contributed by atoms with E-state index in [-0.39, 0.29) is 17.9 Å². The molecule has 21 heavy (non-hydrogen) atoms. The second-order valence-electron chi connectivity index (χ2n) is 5.38. The van der Waals surface area contributed by atoms with Gasteiger partial charge in [0.2, 0.25) is 0 Å². The fraction of sp³-hybridized carbons (Fsp3) is 0.167. The second-order valence-corrected chi connectivity index (χ2v) is 5.38. The van der Waals surface area contributed by atoms with Crippen molar-refractivity contribution >= 4 is 5.97 Å². The Morgan fingerprint density at radius 3 is 2.67 bits per heavy atom. The minimum Gasteiger partial charge on any atom is -0.466 e. The Kier molecular flexibility index (Phi) is 2.61. The average Bonchev–Trinajstić information content (AvgIpc) is 2.92. The summed E-state index contributed by atoms with van der Waals surface area (Å²) in [6, 6.07) is 0.195. The maximum absolute atomic E-state index is 12.1. The van der Waals surface area contributed by atoms with Crippen LogP contribution in [0.4, 0.5) is 0 Å². The lowest BCUT2D eigenvalue weighted by molar-refractivity contribution is -0.136. The monoisotopic (exact) mass is 277 g/mol. The molecule has 0 amide bonds. The summed E-state index contributed by atoms with van der Waals surface area (Å²) in [6.07, 6.45) is 18.4. The summed E-state index contributed by atoms with van der Waals surface area (Å²) in [4.78, 5) is 12.1. The van der Waals surface area contributed by atoms with Gasteiger partial charge in [-0.15, -0.1) is 0 Å². The van der Waals surface area contributed by atoms with E-state index in [0.29, 0.717) is 5.57 Å². The van der Waals surface area contributed by atoms with Gasteiger partial charge >= 0.3 is 5.97 Å². The maximum Gasteiger partial charge on any atom is 0.334 e. The number of carbonyl (C=O) groups is 1. The molecule has 1 N–H and O–H groups in total. The first-order chi connectivity index (χ1) is 10.3. The van der Waals surface area contributed by atoms with Crippen molar-refractivity contribution in [2.75, 3.05) is 7.11 Å². The number of hydrogen-bond donors (Lipinski definition) is 1. The molecule has 3 heteroatoms. The Balaban J connectivity index is 1.92. The summed E-state index contributed by atoms with van der Waals surface area (Å²) < 4.78 is 4.96. The molecule has 0 saturated carbocycles. The fourth-order valence-corrected chi connectivity index (χ4v) is 3.30. The molecule has 4 aliphatic rings. The van der Waals surface area contributed by atoms with Gasteiger partial charge in [0, 0.05) is 22.8 Å². The lowest BCUT2D eigenvalue weighted by Crippen LogP contribution is -2.26. The van der Waals surface area contributed by atoms with E-state index in [2.05, 4.69) is 23.5 Å². The first-order valence-corrected chi connectivity index (χ1v) is 7.04. The number of carbonyl (C=O) groups excluding carboxylic acids is 1. The van der Waals surface area contributed by atoms with E-state index < -0.39 is 0 Å². The van der Waals surface area contributed by atoms with Crippen LogP contribution in [0.25, 0.3) is 0 Å². The van der Waals surface area contributed by atoms with Crippen molar-refractivity contribution in [1.82, 2.24) is 5.32 Å². The highest BCUT2D eigenvalue weighted by molar-refractivity contribution is 5.93. The predicted octanol–water partition coefficient (Wildman–Crippen LogP) is 2.49. The SMILES string of the molecule is COC(=O)C1=CC2=C3C=CC=CC3NC2=C2C=CC=CC12. The Labute approximate surface area is 123 Å². The zero-order chi connectivity index (χ0) is 14.4. The first kappa shape index (κ1) is 12.2. The van der Waals surface area contributed by atoms with Crippen molar-refractivity contribution in [3.05, 3.63) is 82.7 Å². The molecular formula is C18H15NO2. The number of hydrogen-bond acceptors (Lipinski definition) is 3. The third-order valence-electron chi connectivity index (χ3n) is 4.28. The number of rotatable bonds is 1. The second kappa shape index (κ2) is 4.48. The summed E-state index contributed by atoms with van der Waals surface area (Å²) in [6.45, 7) is 0. The molecule has 104 valence electrons. The van der Waals surface area contributed by atoms with Crippen LogP contribution in [0.2, 0.25) is 0 Å². The average molecular weight is 277 g/mol. The molecule has 0 fully saturated rings. The van der Waals surface area contributed by atoms with Crippen molar-refractivity contribution < 1.29 is 9.53 Å². The van der Waals surface area contributed by atoms with Crippen LogP contribution in [0.3, 0.4) is 0 Å². The van der Waals surface area contributed by atoms with Crippen molar-refractivity contribution in [2.24, 2.45) is 5.92 Å². The van der Waals surface area contributed by atoms with Crippen LogP contribution in [0.5, 0.6) is 0 Å². The maximum atomic E-state index is 12.1. The van der Waals surface area contributed by atoms with Gasteiger partial charge in [-0.05, 0) is 17.2 Å². The molecule has 3 aliphatic carbocycles. The largest absolute Gasteiger partial charge is 0.466 e. The van der Waals surface area contributed by atoms with Crippen molar-refractivity contribution in [3.63, 3.8) is 0 Å². The fourth-order valence-electron chi connectivity index (χ4n) is 3.30.